The molecule has 0 aliphatic heterocycles. The Morgan fingerprint density at radius 3 is 2.24 bits per heavy atom. The minimum atomic E-state index is -0.975. The van der Waals surface area contributed by atoms with Crippen molar-refractivity contribution in [3.8, 4) is 5.75 Å². The number of aromatic hydroxyl groups is 1. The van der Waals surface area contributed by atoms with Crippen LogP contribution >= 0.6 is 12.6 Å². The number of rotatable bonds is 16. The molecule has 8 nitrogen and oxygen atoms in total. The number of carbonyl (C=O) groups is 3. The van der Waals surface area contributed by atoms with Gasteiger partial charge in [0.15, 0.2) is 0 Å². The molecular weight excluding hydrogens is 502 g/mol. The van der Waals surface area contributed by atoms with Crippen LogP contribution in [0.5, 0.6) is 5.75 Å². The molecule has 1 aromatic carbocycles. The Bertz CT molecular complexity index is 887. The molecule has 0 spiro atoms. The van der Waals surface area contributed by atoms with Crippen LogP contribution in [0.15, 0.2) is 18.2 Å². The molecule has 38 heavy (non-hydrogen) atoms. The third-order valence-corrected chi connectivity index (χ3v) is 6.50. The molecule has 0 heterocycles. The van der Waals surface area contributed by atoms with Crippen LogP contribution in [-0.4, -0.2) is 58.4 Å². The molecule has 3 amide bonds. The van der Waals surface area contributed by atoms with Gasteiger partial charge in [-0.05, 0) is 63.8 Å². The van der Waals surface area contributed by atoms with Gasteiger partial charge in [0.1, 0.15) is 23.4 Å². The van der Waals surface area contributed by atoms with E-state index in [-0.39, 0.29) is 17.4 Å². The summed E-state index contributed by atoms with van der Waals surface area (Å²) in [5.74, 6) is -0.527. The van der Waals surface area contributed by atoms with Gasteiger partial charge in [-0.2, -0.15) is 12.6 Å². The molecular formula is C29H49N3O5S. The maximum atomic E-state index is 13.9. The summed E-state index contributed by atoms with van der Waals surface area (Å²) in [7, 11) is 0. The van der Waals surface area contributed by atoms with Crippen LogP contribution in [0.3, 0.4) is 0 Å². The fraction of sp³-hybridized carbons (Fsp3) is 0.690. The number of aryl methyl sites for hydroxylation is 1. The van der Waals surface area contributed by atoms with Gasteiger partial charge in [0.2, 0.25) is 11.8 Å². The molecule has 0 saturated heterocycles. The number of nitrogens with one attached hydrogen (secondary N) is 2. The molecule has 1 rings (SSSR count). The number of hydrogen-bond donors (Lipinski definition) is 4. The van der Waals surface area contributed by atoms with E-state index in [1.807, 2.05) is 0 Å². The van der Waals surface area contributed by atoms with E-state index >= 15 is 0 Å². The summed E-state index contributed by atoms with van der Waals surface area (Å²) < 4.78 is 5.36. The molecule has 216 valence electrons. The van der Waals surface area contributed by atoms with Crippen molar-refractivity contribution in [3.63, 3.8) is 0 Å². The summed E-state index contributed by atoms with van der Waals surface area (Å²) in [5, 5.41) is 15.7. The second-order valence-electron chi connectivity index (χ2n) is 10.8. The number of alkyl carbamates (subject to hydrolysis) is 1. The van der Waals surface area contributed by atoms with Gasteiger partial charge in [0.05, 0.1) is 0 Å². The van der Waals surface area contributed by atoms with Crippen molar-refractivity contribution in [1.82, 2.24) is 15.5 Å². The average molecular weight is 552 g/mol. The van der Waals surface area contributed by atoms with Crippen LogP contribution in [0.2, 0.25) is 0 Å². The number of carbonyl (C=O) groups excluding carboxylic acids is 3. The summed E-state index contributed by atoms with van der Waals surface area (Å²) in [6, 6.07) is 3.06. The van der Waals surface area contributed by atoms with Crippen LogP contribution in [0.4, 0.5) is 4.79 Å². The maximum Gasteiger partial charge on any atom is 0.408 e. The Morgan fingerprint density at radius 1 is 1.03 bits per heavy atom. The zero-order valence-corrected chi connectivity index (χ0v) is 25.0. The smallest absolute Gasteiger partial charge is 0.408 e. The van der Waals surface area contributed by atoms with Gasteiger partial charge in [-0.1, -0.05) is 58.4 Å². The van der Waals surface area contributed by atoms with Crippen LogP contribution < -0.4 is 10.6 Å². The number of amides is 3. The fourth-order valence-corrected chi connectivity index (χ4v) is 4.34. The molecule has 2 unspecified atom stereocenters. The minimum Gasteiger partial charge on any atom is -0.508 e. The number of unbranched alkanes of at least 4 members (excludes halogenated alkanes) is 6. The molecule has 0 saturated carbocycles. The monoisotopic (exact) mass is 551 g/mol. The topological polar surface area (TPSA) is 108 Å². The second kappa shape index (κ2) is 17.2. The van der Waals surface area contributed by atoms with E-state index in [4.69, 9.17) is 4.74 Å². The van der Waals surface area contributed by atoms with E-state index in [0.29, 0.717) is 30.6 Å². The van der Waals surface area contributed by atoms with Crippen molar-refractivity contribution in [3.05, 3.63) is 29.3 Å². The lowest BCUT2D eigenvalue weighted by molar-refractivity contribution is -0.142. The number of phenolic OH excluding ortho intramolecular Hbond substituents is 1. The van der Waals surface area contributed by atoms with Gasteiger partial charge in [0, 0.05) is 18.8 Å². The van der Waals surface area contributed by atoms with Crippen molar-refractivity contribution in [2.75, 3.05) is 18.8 Å². The lowest BCUT2D eigenvalue weighted by atomic mass is 9.99. The number of benzene rings is 1. The molecule has 2 atom stereocenters. The first-order chi connectivity index (χ1) is 17.9. The van der Waals surface area contributed by atoms with Gasteiger partial charge in [-0.15, -0.1) is 0 Å². The van der Waals surface area contributed by atoms with E-state index in [1.54, 1.807) is 50.8 Å². The lowest BCUT2D eigenvalue weighted by Crippen LogP contribution is -2.54. The van der Waals surface area contributed by atoms with Crippen LogP contribution in [0.1, 0.15) is 103 Å². The minimum absolute atomic E-state index is 0.0455. The summed E-state index contributed by atoms with van der Waals surface area (Å²) >= 11 is 4.34. The number of thiol groups is 1. The van der Waals surface area contributed by atoms with Crippen molar-refractivity contribution >= 4 is 30.5 Å². The van der Waals surface area contributed by atoms with Crippen LogP contribution in [0.25, 0.3) is 0 Å². The van der Waals surface area contributed by atoms with Gasteiger partial charge in [-0.25, -0.2) is 4.79 Å². The summed E-state index contributed by atoms with van der Waals surface area (Å²) in [5.41, 5.74) is 0.488. The average Bonchev–Trinajstić information content (AvgIpc) is 2.84. The summed E-state index contributed by atoms with van der Waals surface area (Å²) in [4.78, 5) is 41.6. The fourth-order valence-electron chi connectivity index (χ4n) is 4.09. The number of phenols is 1. The van der Waals surface area contributed by atoms with Crippen molar-refractivity contribution in [1.29, 1.82) is 0 Å². The summed E-state index contributed by atoms with van der Waals surface area (Å²) in [6.45, 7) is 12.1. The molecule has 9 heteroatoms. The van der Waals surface area contributed by atoms with E-state index in [0.717, 1.165) is 44.9 Å². The molecule has 0 radical (unpaired) electrons. The van der Waals surface area contributed by atoms with Crippen LogP contribution in [-0.2, 0) is 14.3 Å². The first kappa shape index (κ1) is 33.6. The van der Waals surface area contributed by atoms with E-state index < -0.39 is 29.7 Å². The van der Waals surface area contributed by atoms with Crippen molar-refractivity contribution in [2.45, 2.75) is 111 Å². The van der Waals surface area contributed by atoms with E-state index in [1.165, 1.54) is 0 Å². The van der Waals surface area contributed by atoms with Gasteiger partial charge in [-0.3, -0.25) is 9.59 Å². The van der Waals surface area contributed by atoms with Crippen molar-refractivity contribution in [2.24, 2.45) is 0 Å². The van der Waals surface area contributed by atoms with Gasteiger partial charge >= 0.3 is 6.09 Å². The third-order valence-electron chi connectivity index (χ3n) is 6.13. The maximum absolute atomic E-state index is 13.9. The number of nitrogens with zero attached hydrogens (tertiary/aromatic N) is 1. The largest absolute Gasteiger partial charge is 0.508 e. The Morgan fingerprint density at radius 2 is 1.66 bits per heavy atom. The third kappa shape index (κ3) is 12.0. The Balaban J connectivity index is 3.36. The zero-order chi connectivity index (χ0) is 28.7. The van der Waals surface area contributed by atoms with Crippen LogP contribution in [0, 0.1) is 6.92 Å². The van der Waals surface area contributed by atoms with Gasteiger partial charge < -0.3 is 25.4 Å². The highest BCUT2D eigenvalue weighted by atomic mass is 32.1. The molecule has 0 aromatic heterocycles. The molecule has 1 aromatic rings. The summed E-state index contributed by atoms with van der Waals surface area (Å²) in [6.07, 6.45) is 7.02. The molecule has 0 fully saturated rings. The normalized spacial score (nSPS) is 12.9. The Hall–Kier alpha value is -2.42. The lowest BCUT2D eigenvalue weighted by Gasteiger charge is -2.34. The highest BCUT2D eigenvalue weighted by molar-refractivity contribution is 7.80. The number of hydrogen-bond acceptors (Lipinski definition) is 6. The first-order valence-electron chi connectivity index (χ1n) is 13.9. The predicted octanol–water partition coefficient (Wildman–Crippen LogP) is 5.67. The highest BCUT2D eigenvalue weighted by Gasteiger charge is 2.35. The van der Waals surface area contributed by atoms with Gasteiger partial charge in [0.25, 0.3) is 0 Å². The second-order valence-corrected chi connectivity index (χ2v) is 11.1. The quantitative estimate of drug-likeness (QED) is 0.156. The zero-order valence-electron chi connectivity index (χ0n) is 24.1. The number of ether oxygens (including phenoxy) is 1. The molecule has 0 bridgehead atoms. The Kier molecular flexibility index (Phi) is 15.2. The standard InChI is InChI=1S/C29H49N3O5S/c1-7-9-11-12-14-18-32(27(35)23(20-38)31-28(36)37-29(4,5)6)25(26(34)30-17-13-10-8-2)22-15-16-24(33)21(3)19-22/h15-16,19,23,25,33,38H,7-14,17-18,20H2,1-6H3,(H,30,34)(H,31,36). The van der Waals surface area contributed by atoms with E-state index in [9.17, 15) is 19.5 Å². The van der Waals surface area contributed by atoms with Crippen molar-refractivity contribution < 1.29 is 24.2 Å². The Labute approximate surface area is 234 Å². The molecule has 0 aliphatic rings. The highest BCUT2D eigenvalue weighted by Crippen LogP contribution is 2.28. The SMILES string of the molecule is CCCCCCCN(C(=O)C(CS)NC(=O)OC(C)(C)C)C(C(=O)NCCCCC)c1ccc(O)c(C)c1. The first-order valence-corrected chi connectivity index (χ1v) is 14.6. The molecule has 0 aliphatic carbocycles. The molecule has 3 N–H and O–H groups in total. The van der Waals surface area contributed by atoms with E-state index in [2.05, 4.69) is 37.1 Å². The predicted molar refractivity (Wildman–Crippen MR) is 156 cm³/mol.